The van der Waals surface area contributed by atoms with Crippen molar-refractivity contribution in [1.82, 2.24) is 0 Å². The smallest absolute Gasteiger partial charge is 0.344 e. The summed E-state index contributed by atoms with van der Waals surface area (Å²) in [6.45, 7) is 1.71. The van der Waals surface area contributed by atoms with Crippen LogP contribution < -0.4 is 4.74 Å². The Morgan fingerprint density at radius 2 is 2.38 bits per heavy atom. The molecule has 0 aromatic heterocycles. The topological polar surface area (TPSA) is 70.3 Å². The molecule has 1 unspecified atom stereocenters. The highest BCUT2D eigenvalue weighted by atomic mass is 35.5. The van der Waals surface area contributed by atoms with E-state index < -0.39 is 12.1 Å². The van der Waals surface area contributed by atoms with Gasteiger partial charge in [-0.3, -0.25) is 0 Å². The Kier molecular flexibility index (Phi) is 4.15. The number of aliphatic carboxylic acids is 1. The van der Waals surface area contributed by atoms with Gasteiger partial charge in [0.1, 0.15) is 11.8 Å². The highest BCUT2D eigenvalue weighted by Crippen LogP contribution is 2.23. The summed E-state index contributed by atoms with van der Waals surface area (Å²) in [6.07, 6.45) is -0.545. The van der Waals surface area contributed by atoms with E-state index in [0.29, 0.717) is 17.7 Å². The van der Waals surface area contributed by atoms with Crippen LogP contribution in [0.15, 0.2) is 18.2 Å². The Bertz CT molecular complexity index is 439. The van der Waals surface area contributed by atoms with Crippen LogP contribution in [-0.2, 0) is 4.79 Å². The molecule has 84 valence electrons. The van der Waals surface area contributed by atoms with Gasteiger partial charge in [-0.1, -0.05) is 18.5 Å². The average molecular weight is 240 g/mol. The molecule has 0 radical (unpaired) electrons. The highest BCUT2D eigenvalue weighted by molar-refractivity contribution is 6.31. The summed E-state index contributed by atoms with van der Waals surface area (Å²) < 4.78 is 5.21. The Hall–Kier alpha value is -1.73. The van der Waals surface area contributed by atoms with Gasteiger partial charge in [-0.25, -0.2) is 4.79 Å². The lowest BCUT2D eigenvalue weighted by Crippen LogP contribution is -2.25. The molecule has 4 nitrogen and oxygen atoms in total. The predicted molar refractivity (Wildman–Crippen MR) is 58.5 cm³/mol. The van der Waals surface area contributed by atoms with E-state index in [1.165, 1.54) is 18.2 Å². The van der Waals surface area contributed by atoms with Crippen LogP contribution in [0.5, 0.6) is 5.75 Å². The molecule has 1 aromatic carbocycles. The highest BCUT2D eigenvalue weighted by Gasteiger charge is 2.17. The van der Waals surface area contributed by atoms with Crippen molar-refractivity contribution in [3.8, 4) is 11.8 Å². The first-order chi connectivity index (χ1) is 7.58. The van der Waals surface area contributed by atoms with E-state index in [-0.39, 0.29) is 5.02 Å². The van der Waals surface area contributed by atoms with Crippen molar-refractivity contribution in [3.63, 3.8) is 0 Å². The van der Waals surface area contributed by atoms with Crippen molar-refractivity contribution in [2.45, 2.75) is 19.4 Å². The Labute approximate surface area is 98.0 Å². The molecule has 0 saturated heterocycles. The number of nitrogens with zero attached hydrogens (tertiary/aromatic N) is 1. The second-order valence-electron chi connectivity index (χ2n) is 3.11. The van der Waals surface area contributed by atoms with Crippen molar-refractivity contribution in [3.05, 3.63) is 28.8 Å². The standard InChI is InChI=1S/C11H10ClNO3/c1-2-10(11(14)15)16-8-4-3-7(6-13)9(12)5-8/h3-5,10H,2H2,1H3,(H,14,15). The number of ether oxygens (including phenoxy) is 1. The Morgan fingerprint density at radius 1 is 1.69 bits per heavy atom. The third-order valence-corrected chi connectivity index (χ3v) is 2.30. The number of hydrogen-bond acceptors (Lipinski definition) is 3. The van der Waals surface area contributed by atoms with Crippen molar-refractivity contribution in [1.29, 1.82) is 5.26 Å². The lowest BCUT2D eigenvalue weighted by Gasteiger charge is -2.13. The molecule has 0 heterocycles. The molecular formula is C11H10ClNO3. The maximum Gasteiger partial charge on any atom is 0.344 e. The molecule has 0 amide bonds. The van der Waals surface area contributed by atoms with E-state index in [2.05, 4.69) is 0 Å². The fourth-order valence-electron chi connectivity index (χ4n) is 1.13. The van der Waals surface area contributed by atoms with E-state index in [1.54, 1.807) is 6.92 Å². The van der Waals surface area contributed by atoms with Gasteiger partial charge in [0.05, 0.1) is 10.6 Å². The van der Waals surface area contributed by atoms with Crippen molar-refractivity contribution in [2.24, 2.45) is 0 Å². The van der Waals surface area contributed by atoms with Crippen LogP contribution in [0.25, 0.3) is 0 Å². The molecule has 1 rings (SSSR count). The molecule has 1 aromatic rings. The number of carboxylic acid groups (broad SMARTS) is 1. The minimum atomic E-state index is -1.03. The number of hydrogen-bond donors (Lipinski definition) is 1. The van der Waals surface area contributed by atoms with E-state index in [0.717, 1.165) is 0 Å². The maximum absolute atomic E-state index is 10.7. The number of benzene rings is 1. The first-order valence-electron chi connectivity index (χ1n) is 4.67. The van der Waals surface area contributed by atoms with E-state index in [1.807, 2.05) is 6.07 Å². The number of halogens is 1. The van der Waals surface area contributed by atoms with Crippen molar-refractivity contribution >= 4 is 17.6 Å². The zero-order valence-electron chi connectivity index (χ0n) is 8.61. The van der Waals surface area contributed by atoms with Gasteiger partial charge in [-0.2, -0.15) is 5.26 Å². The van der Waals surface area contributed by atoms with Crippen LogP contribution >= 0.6 is 11.6 Å². The monoisotopic (exact) mass is 239 g/mol. The van der Waals surface area contributed by atoms with Gasteiger partial charge < -0.3 is 9.84 Å². The fourth-order valence-corrected chi connectivity index (χ4v) is 1.35. The first kappa shape index (κ1) is 12.3. The van der Waals surface area contributed by atoms with Crippen LogP contribution in [0, 0.1) is 11.3 Å². The zero-order chi connectivity index (χ0) is 12.1. The molecule has 1 N–H and O–H groups in total. The minimum absolute atomic E-state index is 0.250. The largest absolute Gasteiger partial charge is 0.479 e. The maximum atomic E-state index is 10.7. The lowest BCUT2D eigenvalue weighted by molar-refractivity contribution is -0.145. The molecule has 0 fully saturated rings. The number of nitriles is 1. The molecule has 5 heteroatoms. The molecule has 0 aliphatic rings. The summed E-state index contributed by atoms with van der Waals surface area (Å²) in [4.78, 5) is 10.7. The van der Waals surface area contributed by atoms with Gasteiger partial charge >= 0.3 is 5.97 Å². The molecule has 0 spiro atoms. The van der Waals surface area contributed by atoms with Gasteiger partial charge in [0.25, 0.3) is 0 Å². The van der Waals surface area contributed by atoms with Crippen LogP contribution in [0.4, 0.5) is 0 Å². The lowest BCUT2D eigenvalue weighted by atomic mass is 10.2. The molecule has 16 heavy (non-hydrogen) atoms. The van der Waals surface area contributed by atoms with Crippen LogP contribution in [0.1, 0.15) is 18.9 Å². The zero-order valence-corrected chi connectivity index (χ0v) is 9.36. The van der Waals surface area contributed by atoms with Crippen LogP contribution in [0.2, 0.25) is 5.02 Å². The predicted octanol–water partition coefficient (Wildman–Crippen LogP) is 2.45. The summed E-state index contributed by atoms with van der Waals surface area (Å²) in [5.41, 5.74) is 0.331. The molecule has 1 atom stereocenters. The van der Waals surface area contributed by atoms with Crippen LogP contribution in [0.3, 0.4) is 0 Å². The summed E-state index contributed by atoms with van der Waals surface area (Å²) in [7, 11) is 0. The summed E-state index contributed by atoms with van der Waals surface area (Å²) >= 11 is 5.79. The van der Waals surface area contributed by atoms with E-state index >= 15 is 0 Å². The van der Waals surface area contributed by atoms with Crippen molar-refractivity contribution in [2.75, 3.05) is 0 Å². The summed E-state index contributed by atoms with van der Waals surface area (Å²) in [6, 6.07) is 6.36. The van der Waals surface area contributed by atoms with E-state index in [9.17, 15) is 4.79 Å². The number of rotatable bonds is 4. The quantitative estimate of drug-likeness (QED) is 0.876. The average Bonchev–Trinajstić information content (AvgIpc) is 2.25. The van der Waals surface area contributed by atoms with Gasteiger partial charge in [-0.05, 0) is 18.6 Å². The first-order valence-corrected chi connectivity index (χ1v) is 5.05. The number of carboxylic acids is 1. The summed E-state index contributed by atoms with van der Waals surface area (Å²) in [5.74, 6) is -0.679. The summed E-state index contributed by atoms with van der Waals surface area (Å²) in [5, 5.41) is 17.7. The van der Waals surface area contributed by atoms with Gasteiger partial charge in [0.15, 0.2) is 6.10 Å². The SMILES string of the molecule is CCC(Oc1ccc(C#N)c(Cl)c1)C(=O)O. The fraction of sp³-hybridized carbons (Fsp3) is 0.273. The molecular weight excluding hydrogens is 230 g/mol. The minimum Gasteiger partial charge on any atom is -0.479 e. The second kappa shape index (κ2) is 5.38. The second-order valence-corrected chi connectivity index (χ2v) is 3.51. The Balaban J connectivity index is 2.87. The molecule has 0 bridgehead atoms. The normalized spacial score (nSPS) is 11.6. The van der Waals surface area contributed by atoms with Gasteiger partial charge in [0.2, 0.25) is 0 Å². The van der Waals surface area contributed by atoms with Crippen molar-refractivity contribution < 1.29 is 14.6 Å². The van der Waals surface area contributed by atoms with Crippen LogP contribution in [-0.4, -0.2) is 17.2 Å². The van der Waals surface area contributed by atoms with E-state index in [4.69, 9.17) is 26.7 Å². The third-order valence-electron chi connectivity index (χ3n) is 1.99. The van der Waals surface area contributed by atoms with Gasteiger partial charge in [-0.15, -0.1) is 0 Å². The third kappa shape index (κ3) is 2.88. The Morgan fingerprint density at radius 3 is 2.81 bits per heavy atom. The molecule has 0 aliphatic heterocycles. The van der Waals surface area contributed by atoms with Gasteiger partial charge in [0, 0.05) is 6.07 Å². The molecule has 0 saturated carbocycles. The number of carbonyl (C=O) groups is 1. The molecule has 0 aliphatic carbocycles.